The van der Waals surface area contributed by atoms with E-state index in [0.717, 1.165) is 0 Å². The third-order valence-electron chi connectivity index (χ3n) is 2.01. The normalized spacial score (nSPS) is 10.9. The van der Waals surface area contributed by atoms with E-state index in [9.17, 15) is 0 Å². The summed E-state index contributed by atoms with van der Waals surface area (Å²) in [6, 6.07) is 0.276. The van der Waals surface area contributed by atoms with Crippen LogP contribution in [-0.4, -0.2) is 24.7 Å². The first-order valence-corrected chi connectivity index (χ1v) is 4.66. The van der Waals surface area contributed by atoms with Gasteiger partial charge in [0.15, 0.2) is 5.82 Å². The van der Waals surface area contributed by atoms with Gasteiger partial charge in [-0.3, -0.25) is 4.98 Å². The summed E-state index contributed by atoms with van der Waals surface area (Å²) in [7, 11) is 0. The second kappa shape index (κ2) is 3.64. The van der Waals surface area contributed by atoms with Crippen molar-refractivity contribution in [2.24, 2.45) is 0 Å². The van der Waals surface area contributed by atoms with Crippen LogP contribution in [0.5, 0.6) is 0 Å². The van der Waals surface area contributed by atoms with Gasteiger partial charge in [-0.05, 0) is 13.8 Å². The molecule has 78 valence electrons. The van der Waals surface area contributed by atoms with Crippen molar-refractivity contribution in [2.45, 2.75) is 19.9 Å². The van der Waals surface area contributed by atoms with E-state index in [4.69, 9.17) is 5.73 Å². The topological polar surface area (TPSA) is 82.5 Å². The predicted octanol–water partition coefficient (Wildman–Crippen LogP) is 0.898. The summed E-state index contributed by atoms with van der Waals surface area (Å²) in [5, 5.41) is 7.86. The average Bonchev–Trinajstić information content (AvgIpc) is 2.65. The van der Waals surface area contributed by atoms with E-state index < -0.39 is 0 Å². The maximum Gasteiger partial charge on any atom is 0.184 e. The van der Waals surface area contributed by atoms with Gasteiger partial charge in [0, 0.05) is 6.04 Å². The smallest absolute Gasteiger partial charge is 0.184 e. The molecule has 15 heavy (non-hydrogen) atoms. The van der Waals surface area contributed by atoms with Crippen LogP contribution in [0.25, 0.3) is 11.5 Å². The molecule has 0 aromatic carbocycles. The molecule has 2 N–H and O–H groups in total. The van der Waals surface area contributed by atoms with Crippen molar-refractivity contribution in [1.29, 1.82) is 0 Å². The zero-order valence-corrected chi connectivity index (χ0v) is 8.62. The molecule has 2 aromatic heterocycles. The van der Waals surface area contributed by atoms with Crippen molar-refractivity contribution >= 4 is 5.82 Å². The minimum absolute atomic E-state index is 0.276. The Morgan fingerprint density at radius 2 is 2.13 bits per heavy atom. The molecule has 0 spiro atoms. The molecule has 6 nitrogen and oxygen atoms in total. The number of nitrogens with two attached hydrogens (primary N) is 1. The molecule has 0 aliphatic rings. The number of anilines is 1. The Balaban J connectivity index is 2.49. The molecule has 0 bridgehead atoms. The zero-order chi connectivity index (χ0) is 10.8. The first-order valence-electron chi connectivity index (χ1n) is 4.66. The van der Waals surface area contributed by atoms with E-state index in [0.29, 0.717) is 17.3 Å². The zero-order valence-electron chi connectivity index (χ0n) is 8.62. The Morgan fingerprint density at radius 1 is 1.33 bits per heavy atom. The molecule has 0 amide bonds. The van der Waals surface area contributed by atoms with Gasteiger partial charge in [-0.2, -0.15) is 0 Å². The lowest BCUT2D eigenvalue weighted by Crippen LogP contribution is -2.04. The molecule has 2 heterocycles. The van der Waals surface area contributed by atoms with Crippen molar-refractivity contribution < 1.29 is 0 Å². The lowest BCUT2D eigenvalue weighted by molar-refractivity contribution is 0.603. The van der Waals surface area contributed by atoms with Gasteiger partial charge in [0.2, 0.25) is 0 Å². The SMILES string of the molecule is CC(C)n1cnnc1-c1cncc(N)n1. The van der Waals surface area contributed by atoms with Crippen LogP contribution < -0.4 is 5.73 Å². The van der Waals surface area contributed by atoms with Crippen LogP contribution in [0.15, 0.2) is 18.7 Å². The monoisotopic (exact) mass is 204 g/mol. The Bertz CT molecular complexity index is 461. The molecule has 0 atom stereocenters. The van der Waals surface area contributed by atoms with E-state index in [1.54, 1.807) is 12.5 Å². The summed E-state index contributed by atoms with van der Waals surface area (Å²) < 4.78 is 1.92. The molecular formula is C9H12N6. The van der Waals surface area contributed by atoms with Gasteiger partial charge in [-0.15, -0.1) is 10.2 Å². The van der Waals surface area contributed by atoms with Crippen LogP contribution in [0, 0.1) is 0 Å². The lowest BCUT2D eigenvalue weighted by Gasteiger charge is -2.08. The summed E-state index contributed by atoms with van der Waals surface area (Å²) >= 11 is 0. The third kappa shape index (κ3) is 1.78. The maximum absolute atomic E-state index is 5.56. The molecule has 0 saturated heterocycles. The summed E-state index contributed by atoms with van der Waals surface area (Å²) in [5.41, 5.74) is 6.20. The molecule has 2 rings (SSSR count). The van der Waals surface area contributed by atoms with Crippen molar-refractivity contribution in [1.82, 2.24) is 24.7 Å². The average molecular weight is 204 g/mol. The van der Waals surface area contributed by atoms with Crippen LogP contribution in [0.1, 0.15) is 19.9 Å². The van der Waals surface area contributed by atoms with Crippen LogP contribution in [-0.2, 0) is 0 Å². The summed E-state index contributed by atoms with van der Waals surface area (Å²) in [5.74, 6) is 1.07. The lowest BCUT2D eigenvalue weighted by atomic mass is 10.3. The molecule has 0 aliphatic carbocycles. The standard InChI is InChI=1S/C9H12N6/c1-6(2)15-5-12-14-9(15)7-3-11-4-8(10)13-7/h3-6H,1-2H3,(H2,10,13). The quantitative estimate of drug-likeness (QED) is 0.785. The molecule has 0 unspecified atom stereocenters. The van der Waals surface area contributed by atoms with Crippen molar-refractivity contribution in [3.8, 4) is 11.5 Å². The molecule has 0 radical (unpaired) electrons. The Labute approximate surface area is 87.2 Å². The Hall–Kier alpha value is -1.98. The van der Waals surface area contributed by atoms with E-state index in [2.05, 4.69) is 20.2 Å². The fourth-order valence-electron chi connectivity index (χ4n) is 1.29. The summed E-state index contributed by atoms with van der Waals surface area (Å²) in [4.78, 5) is 8.12. The van der Waals surface area contributed by atoms with E-state index in [-0.39, 0.29) is 6.04 Å². The molecule has 0 aliphatic heterocycles. The highest BCUT2D eigenvalue weighted by Gasteiger charge is 2.11. The highest BCUT2D eigenvalue weighted by Crippen LogP contribution is 2.17. The minimum atomic E-state index is 0.276. The summed E-state index contributed by atoms with van der Waals surface area (Å²) in [6.07, 6.45) is 4.80. The number of hydrogen-bond donors (Lipinski definition) is 1. The number of aromatic nitrogens is 5. The van der Waals surface area contributed by atoms with Crippen molar-refractivity contribution in [3.05, 3.63) is 18.7 Å². The van der Waals surface area contributed by atoms with Crippen LogP contribution in [0.3, 0.4) is 0 Å². The Kier molecular flexibility index (Phi) is 2.32. The molecular weight excluding hydrogens is 192 g/mol. The summed E-state index contributed by atoms with van der Waals surface area (Å²) in [6.45, 7) is 4.10. The largest absolute Gasteiger partial charge is 0.382 e. The number of nitrogen functional groups attached to an aromatic ring is 1. The maximum atomic E-state index is 5.56. The van der Waals surface area contributed by atoms with Crippen molar-refractivity contribution in [3.63, 3.8) is 0 Å². The van der Waals surface area contributed by atoms with Crippen LogP contribution in [0.2, 0.25) is 0 Å². The molecule has 0 saturated carbocycles. The molecule has 2 aromatic rings. The fourth-order valence-corrected chi connectivity index (χ4v) is 1.29. The second-order valence-corrected chi connectivity index (χ2v) is 3.48. The number of nitrogens with zero attached hydrogens (tertiary/aromatic N) is 5. The van der Waals surface area contributed by atoms with Crippen LogP contribution in [0.4, 0.5) is 5.82 Å². The first kappa shape index (κ1) is 9.57. The predicted molar refractivity (Wildman–Crippen MR) is 55.8 cm³/mol. The van der Waals surface area contributed by atoms with Gasteiger partial charge in [-0.1, -0.05) is 0 Å². The van der Waals surface area contributed by atoms with E-state index in [1.807, 2.05) is 18.4 Å². The third-order valence-corrected chi connectivity index (χ3v) is 2.01. The van der Waals surface area contributed by atoms with E-state index in [1.165, 1.54) is 6.20 Å². The second-order valence-electron chi connectivity index (χ2n) is 3.48. The van der Waals surface area contributed by atoms with Gasteiger partial charge in [0.25, 0.3) is 0 Å². The first-order chi connectivity index (χ1) is 7.18. The molecule has 6 heteroatoms. The van der Waals surface area contributed by atoms with Gasteiger partial charge >= 0.3 is 0 Å². The van der Waals surface area contributed by atoms with E-state index >= 15 is 0 Å². The minimum Gasteiger partial charge on any atom is -0.382 e. The van der Waals surface area contributed by atoms with Gasteiger partial charge < -0.3 is 10.3 Å². The van der Waals surface area contributed by atoms with Crippen LogP contribution >= 0.6 is 0 Å². The van der Waals surface area contributed by atoms with Gasteiger partial charge in [0.1, 0.15) is 17.8 Å². The fraction of sp³-hybridized carbons (Fsp3) is 0.333. The van der Waals surface area contributed by atoms with Gasteiger partial charge in [-0.25, -0.2) is 4.98 Å². The number of hydrogen-bond acceptors (Lipinski definition) is 5. The molecule has 0 fully saturated rings. The van der Waals surface area contributed by atoms with Crippen molar-refractivity contribution in [2.75, 3.05) is 5.73 Å². The van der Waals surface area contributed by atoms with Gasteiger partial charge in [0.05, 0.1) is 12.4 Å². The Morgan fingerprint density at radius 3 is 2.80 bits per heavy atom. The number of rotatable bonds is 2. The highest BCUT2D eigenvalue weighted by atomic mass is 15.3. The highest BCUT2D eigenvalue weighted by molar-refractivity contribution is 5.50.